The lowest BCUT2D eigenvalue weighted by atomic mass is 9.78. The van der Waals surface area contributed by atoms with Gasteiger partial charge in [-0.05, 0) is 78.3 Å². The second-order valence-electron chi connectivity index (χ2n) is 7.24. The molecule has 1 nitrogen and oxygen atoms in total. The van der Waals surface area contributed by atoms with Crippen LogP contribution in [-0.4, -0.2) is 7.11 Å². The van der Waals surface area contributed by atoms with Gasteiger partial charge in [0.05, 0.1) is 7.11 Å². The molecule has 0 saturated heterocycles. The number of ether oxygens (including phenoxy) is 1. The van der Waals surface area contributed by atoms with Gasteiger partial charge >= 0.3 is 0 Å². The molecule has 0 heterocycles. The Hall–Kier alpha value is -2.02. The van der Waals surface area contributed by atoms with E-state index >= 15 is 0 Å². The number of rotatable bonds is 6. The fourth-order valence-corrected chi connectivity index (χ4v) is 4.08. The van der Waals surface area contributed by atoms with Crippen LogP contribution in [-0.2, 0) is 6.42 Å². The number of aryl methyl sites for hydroxylation is 1. The maximum absolute atomic E-state index is 5.29. The third-order valence-electron chi connectivity index (χ3n) is 5.63. The first-order chi connectivity index (χ1) is 12.2. The molecule has 0 amide bonds. The van der Waals surface area contributed by atoms with Gasteiger partial charge < -0.3 is 4.74 Å². The van der Waals surface area contributed by atoms with Crippen molar-refractivity contribution in [2.75, 3.05) is 7.11 Å². The molecular formula is C24H30O. The average Bonchev–Trinajstić information content (AvgIpc) is 2.68. The van der Waals surface area contributed by atoms with Crippen LogP contribution in [0.3, 0.4) is 0 Å². The van der Waals surface area contributed by atoms with Crippen molar-refractivity contribution in [1.29, 1.82) is 0 Å². The van der Waals surface area contributed by atoms with Gasteiger partial charge in [-0.15, -0.1) is 6.58 Å². The van der Waals surface area contributed by atoms with Crippen LogP contribution in [0.15, 0.2) is 55.1 Å². The van der Waals surface area contributed by atoms with Crippen molar-refractivity contribution < 1.29 is 4.74 Å². The lowest BCUT2D eigenvalue weighted by Crippen LogP contribution is -2.11. The summed E-state index contributed by atoms with van der Waals surface area (Å²) in [7, 11) is 1.72. The molecule has 0 spiro atoms. The Morgan fingerprint density at radius 3 is 2.36 bits per heavy atom. The summed E-state index contributed by atoms with van der Waals surface area (Å²) in [6, 6.07) is 15.6. The molecule has 1 heteroatoms. The van der Waals surface area contributed by atoms with Crippen molar-refractivity contribution in [3.8, 4) is 16.9 Å². The molecule has 0 radical (unpaired) electrons. The van der Waals surface area contributed by atoms with Crippen LogP contribution in [0.5, 0.6) is 5.75 Å². The molecule has 25 heavy (non-hydrogen) atoms. The highest BCUT2D eigenvalue weighted by Crippen LogP contribution is 2.38. The van der Waals surface area contributed by atoms with Crippen molar-refractivity contribution >= 4 is 0 Å². The Morgan fingerprint density at radius 1 is 1.04 bits per heavy atom. The molecule has 0 aliphatic heterocycles. The van der Waals surface area contributed by atoms with E-state index in [9.17, 15) is 0 Å². The third-order valence-corrected chi connectivity index (χ3v) is 5.63. The second-order valence-corrected chi connectivity index (χ2v) is 7.24. The second kappa shape index (κ2) is 8.38. The van der Waals surface area contributed by atoms with Gasteiger partial charge in [-0.1, -0.05) is 49.8 Å². The fraction of sp³-hybridized carbons (Fsp3) is 0.417. The highest BCUT2D eigenvalue weighted by atomic mass is 16.5. The molecule has 0 N–H and O–H groups in total. The van der Waals surface area contributed by atoms with Gasteiger partial charge in [0.2, 0.25) is 0 Å². The predicted octanol–water partition coefficient (Wildman–Crippen LogP) is 6.77. The van der Waals surface area contributed by atoms with E-state index in [1.165, 1.54) is 54.4 Å². The van der Waals surface area contributed by atoms with Gasteiger partial charge in [-0.2, -0.15) is 0 Å². The summed E-state index contributed by atoms with van der Waals surface area (Å²) in [6.45, 7) is 6.23. The highest BCUT2D eigenvalue weighted by Gasteiger charge is 2.21. The minimum absolute atomic E-state index is 0.719. The molecule has 0 bridgehead atoms. The molecule has 1 saturated carbocycles. The molecule has 0 aromatic heterocycles. The zero-order chi connectivity index (χ0) is 17.6. The zero-order valence-electron chi connectivity index (χ0n) is 15.6. The number of hydrogen-bond acceptors (Lipinski definition) is 1. The molecule has 3 rings (SSSR count). The van der Waals surface area contributed by atoms with Crippen molar-refractivity contribution in [3.05, 3.63) is 66.2 Å². The first-order valence-electron chi connectivity index (χ1n) is 9.65. The van der Waals surface area contributed by atoms with Gasteiger partial charge in [0.15, 0.2) is 0 Å². The Bertz CT molecular complexity index is 691. The molecule has 132 valence electrons. The highest BCUT2D eigenvalue weighted by molar-refractivity contribution is 5.68. The van der Waals surface area contributed by atoms with Crippen LogP contribution >= 0.6 is 0 Å². The SMILES string of the molecule is C=CC1CCC(c2ccc(-c3ccc(OC)cc3)c(CCC)c2)CC1. The van der Waals surface area contributed by atoms with Gasteiger partial charge in [0.25, 0.3) is 0 Å². The monoisotopic (exact) mass is 334 g/mol. The van der Waals surface area contributed by atoms with Gasteiger partial charge in [0.1, 0.15) is 5.75 Å². The van der Waals surface area contributed by atoms with Crippen LogP contribution in [0.2, 0.25) is 0 Å². The van der Waals surface area contributed by atoms with Crippen molar-refractivity contribution in [1.82, 2.24) is 0 Å². The summed E-state index contributed by atoms with van der Waals surface area (Å²) in [5.74, 6) is 2.36. The van der Waals surface area contributed by atoms with E-state index in [1.54, 1.807) is 7.11 Å². The minimum Gasteiger partial charge on any atom is -0.497 e. The molecule has 0 atom stereocenters. The maximum atomic E-state index is 5.29. The van der Waals surface area contributed by atoms with E-state index < -0.39 is 0 Å². The standard InChI is InChI=1S/C24H30O/c1-4-6-22-17-21(19-9-7-18(5-2)8-10-19)13-16-24(22)20-11-14-23(25-3)15-12-20/h5,11-19H,2,4,6-10H2,1,3H3. The van der Waals surface area contributed by atoms with Crippen molar-refractivity contribution in [2.24, 2.45) is 5.92 Å². The lowest BCUT2D eigenvalue weighted by Gasteiger charge is -2.27. The van der Waals surface area contributed by atoms with Crippen molar-refractivity contribution in [3.63, 3.8) is 0 Å². The van der Waals surface area contributed by atoms with Crippen LogP contribution in [0.25, 0.3) is 11.1 Å². The number of hydrogen-bond donors (Lipinski definition) is 0. The normalized spacial score (nSPS) is 20.2. The number of methoxy groups -OCH3 is 1. The van der Waals surface area contributed by atoms with Gasteiger partial charge in [0, 0.05) is 0 Å². The largest absolute Gasteiger partial charge is 0.497 e. The van der Waals surface area contributed by atoms with Gasteiger partial charge in [-0.3, -0.25) is 0 Å². The molecular weight excluding hydrogens is 304 g/mol. The van der Waals surface area contributed by atoms with Gasteiger partial charge in [-0.25, -0.2) is 0 Å². The Morgan fingerprint density at radius 2 is 1.76 bits per heavy atom. The van der Waals surface area contributed by atoms with Crippen LogP contribution in [0, 0.1) is 5.92 Å². The summed E-state index contributed by atoms with van der Waals surface area (Å²) >= 11 is 0. The van der Waals surface area contributed by atoms with Crippen molar-refractivity contribution in [2.45, 2.75) is 51.4 Å². The molecule has 1 aliphatic carbocycles. The summed E-state index contributed by atoms with van der Waals surface area (Å²) in [5.41, 5.74) is 5.67. The number of allylic oxidation sites excluding steroid dienone is 1. The number of benzene rings is 2. The summed E-state index contributed by atoms with van der Waals surface area (Å²) in [6.07, 6.45) is 9.63. The molecule has 2 aromatic rings. The van der Waals surface area contributed by atoms with Crippen LogP contribution in [0.4, 0.5) is 0 Å². The van der Waals surface area contributed by atoms with Crippen LogP contribution < -0.4 is 4.74 Å². The topological polar surface area (TPSA) is 9.23 Å². The molecule has 1 aliphatic rings. The maximum Gasteiger partial charge on any atom is 0.118 e. The van der Waals surface area contributed by atoms with E-state index in [0.717, 1.165) is 24.0 Å². The first kappa shape index (κ1) is 17.8. The average molecular weight is 335 g/mol. The Kier molecular flexibility index (Phi) is 5.96. The zero-order valence-corrected chi connectivity index (χ0v) is 15.6. The lowest BCUT2D eigenvalue weighted by molar-refractivity contribution is 0.376. The smallest absolute Gasteiger partial charge is 0.118 e. The van der Waals surface area contributed by atoms with E-state index in [1.807, 2.05) is 0 Å². The first-order valence-corrected chi connectivity index (χ1v) is 9.65. The van der Waals surface area contributed by atoms with E-state index in [-0.39, 0.29) is 0 Å². The molecule has 0 unspecified atom stereocenters. The van der Waals surface area contributed by atoms with E-state index in [0.29, 0.717) is 0 Å². The Labute approximate surface area is 152 Å². The van der Waals surface area contributed by atoms with E-state index in [4.69, 9.17) is 4.74 Å². The minimum atomic E-state index is 0.719. The third kappa shape index (κ3) is 4.15. The van der Waals surface area contributed by atoms with Crippen LogP contribution in [0.1, 0.15) is 56.1 Å². The quantitative estimate of drug-likeness (QED) is 0.529. The summed E-state index contributed by atoms with van der Waals surface area (Å²) < 4.78 is 5.29. The summed E-state index contributed by atoms with van der Waals surface area (Å²) in [4.78, 5) is 0. The molecule has 2 aromatic carbocycles. The predicted molar refractivity (Wildman–Crippen MR) is 107 cm³/mol. The Balaban J connectivity index is 1.86. The fourth-order valence-electron chi connectivity index (χ4n) is 4.08. The summed E-state index contributed by atoms with van der Waals surface area (Å²) in [5, 5.41) is 0. The molecule has 1 fully saturated rings. The van der Waals surface area contributed by atoms with E-state index in [2.05, 4.69) is 62.0 Å².